The van der Waals surface area contributed by atoms with Gasteiger partial charge >= 0.3 is 0 Å². The second-order valence-corrected chi connectivity index (χ2v) is 8.32. The minimum Gasteiger partial charge on any atom is -0.467 e. The van der Waals surface area contributed by atoms with Gasteiger partial charge in [0.1, 0.15) is 5.76 Å². The van der Waals surface area contributed by atoms with Crippen LogP contribution in [0.1, 0.15) is 27.2 Å². The Morgan fingerprint density at radius 2 is 2.04 bits per heavy atom. The number of hydrogen-bond acceptors (Lipinski definition) is 4. The van der Waals surface area contributed by atoms with E-state index in [4.69, 9.17) is 9.40 Å². The number of thiazole rings is 1. The van der Waals surface area contributed by atoms with Gasteiger partial charge in [0.25, 0.3) is 5.91 Å². The van der Waals surface area contributed by atoms with E-state index in [1.165, 1.54) is 11.3 Å². The number of carbonyl (C=O) groups is 1. The quantitative estimate of drug-likeness (QED) is 0.384. The van der Waals surface area contributed by atoms with E-state index in [0.717, 1.165) is 25.8 Å². The average molecular weight is 441 g/mol. The lowest BCUT2D eigenvalue weighted by molar-refractivity contribution is 0.0982. The Labute approximate surface area is 169 Å². The molecule has 0 radical (unpaired) electrons. The summed E-state index contributed by atoms with van der Waals surface area (Å²) in [6, 6.07) is 15.5. The molecule has 4 nitrogen and oxygen atoms in total. The average Bonchev–Trinajstić information content (AvgIpc) is 3.30. The smallest absolute Gasteiger partial charge is 0.260 e. The molecule has 4 rings (SSSR count). The first-order chi connectivity index (χ1) is 13.0. The SMILES string of the molecule is Cc1ccc(C)c(C(=O)N(Cc2ccco2)c2nc3ccc(Br)cc3s2)c1. The van der Waals surface area contributed by atoms with Crippen molar-refractivity contribution in [3.05, 3.63) is 81.7 Å². The zero-order chi connectivity index (χ0) is 19.0. The van der Waals surface area contributed by atoms with E-state index in [9.17, 15) is 4.79 Å². The third-order valence-corrected chi connectivity index (χ3v) is 5.87. The number of halogens is 1. The summed E-state index contributed by atoms with van der Waals surface area (Å²) in [5, 5.41) is 0.658. The number of carbonyl (C=O) groups excluding carboxylic acids is 1. The molecule has 0 atom stereocenters. The van der Waals surface area contributed by atoms with E-state index in [2.05, 4.69) is 15.9 Å². The number of benzene rings is 2. The Kier molecular flexibility index (Phi) is 4.85. The number of aromatic nitrogens is 1. The van der Waals surface area contributed by atoms with Crippen molar-refractivity contribution in [2.75, 3.05) is 4.90 Å². The normalized spacial score (nSPS) is 11.1. The van der Waals surface area contributed by atoms with Crippen LogP contribution in [0.2, 0.25) is 0 Å². The van der Waals surface area contributed by atoms with Crippen LogP contribution < -0.4 is 4.90 Å². The minimum absolute atomic E-state index is 0.0780. The molecule has 0 aliphatic carbocycles. The van der Waals surface area contributed by atoms with E-state index < -0.39 is 0 Å². The van der Waals surface area contributed by atoms with Crippen LogP contribution in [0.3, 0.4) is 0 Å². The zero-order valence-electron chi connectivity index (χ0n) is 14.9. The maximum absolute atomic E-state index is 13.4. The van der Waals surface area contributed by atoms with E-state index in [-0.39, 0.29) is 5.91 Å². The largest absolute Gasteiger partial charge is 0.467 e. The molecule has 1 amide bonds. The van der Waals surface area contributed by atoms with Crippen molar-refractivity contribution < 1.29 is 9.21 Å². The number of furan rings is 1. The third kappa shape index (κ3) is 3.68. The topological polar surface area (TPSA) is 46.3 Å². The van der Waals surface area contributed by atoms with Gasteiger partial charge in [-0.3, -0.25) is 9.69 Å². The van der Waals surface area contributed by atoms with Gasteiger partial charge in [0.05, 0.1) is 23.0 Å². The molecule has 27 heavy (non-hydrogen) atoms. The maximum atomic E-state index is 13.4. The molecule has 0 N–H and O–H groups in total. The standard InChI is InChI=1S/C21H17BrN2O2S/c1-13-5-6-14(2)17(10-13)20(25)24(12-16-4-3-9-26-16)21-23-18-8-7-15(22)11-19(18)27-21/h3-11H,12H2,1-2H3. The van der Waals surface area contributed by atoms with Crippen molar-refractivity contribution in [3.8, 4) is 0 Å². The van der Waals surface area contributed by atoms with Crippen molar-refractivity contribution in [1.29, 1.82) is 0 Å². The van der Waals surface area contributed by atoms with Crippen molar-refractivity contribution in [3.63, 3.8) is 0 Å². The minimum atomic E-state index is -0.0780. The molecular weight excluding hydrogens is 424 g/mol. The highest BCUT2D eigenvalue weighted by Gasteiger charge is 2.24. The lowest BCUT2D eigenvalue weighted by Gasteiger charge is -2.20. The van der Waals surface area contributed by atoms with Crippen LogP contribution in [0.25, 0.3) is 10.2 Å². The van der Waals surface area contributed by atoms with Gasteiger partial charge in [-0.15, -0.1) is 0 Å². The number of fused-ring (bicyclic) bond motifs is 1. The van der Waals surface area contributed by atoms with E-state index >= 15 is 0 Å². The molecule has 0 aliphatic rings. The Balaban J connectivity index is 1.80. The molecule has 2 heterocycles. The summed E-state index contributed by atoms with van der Waals surface area (Å²) >= 11 is 4.99. The predicted molar refractivity (Wildman–Crippen MR) is 112 cm³/mol. The molecule has 136 valence electrons. The van der Waals surface area contributed by atoms with Crippen LogP contribution in [0.5, 0.6) is 0 Å². The number of aryl methyl sites for hydroxylation is 2. The molecule has 2 aromatic carbocycles. The second-order valence-electron chi connectivity index (χ2n) is 6.40. The van der Waals surface area contributed by atoms with Gasteiger partial charge in [-0.2, -0.15) is 0 Å². The molecule has 6 heteroatoms. The molecule has 0 saturated carbocycles. The van der Waals surface area contributed by atoms with Crippen LogP contribution in [0.4, 0.5) is 5.13 Å². The first kappa shape index (κ1) is 17.9. The van der Waals surface area contributed by atoms with Gasteiger partial charge < -0.3 is 4.42 Å². The lowest BCUT2D eigenvalue weighted by atomic mass is 10.0. The fourth-order valence-corrected chi connectivity index (χ4v) is 4.41. The van der Waals surface area contributed by atoms with Gasteiger partial charge in [-0.25, -0.2) is 4.98 Å². The number of nitrogens with zero attached hydrogens (tertiary/aromatic N) is 2. The van der Waals surface area contributed by atoms with E-state index in [1.807, 2.05) is 62.4 Å². The summed E-state index contributed by atoms with van der Waals surface area (Å²) in [5.41, 5.74) is 3.55. The predicted octanol–water partition coefficient (Wildman–Crippen LogP) is 6.12. The van der Waals surface area contributed by atoms with Crippen molar-refractivity contribution in [1.82, 2.24) is 4.98 Å². The van der Waals surface area contributed by atoms with Crippen molar-refractivity contribution in [2.24, 2.45) is 0 Å². The number of amides is 1. The van der Waals surface area contributed by atoms with Crippen LogP contribution in [0.15, 0.2) is 63.7 Å². The van der Waals surface area contributed by atoms with E-state index in [0.29, 0.717) is 23.0 Å². The lowest BCUT2D eigenvalue weighted by Crippen LogP contribution is -2.30. The Morgan fingerprint density at radius 1 is 1.19 bits per heavy atom. The highest BCUT2D eigenvalue weighted by atomic mass is 79.9. The number of hydrogen-bond donors (Lipinski definition) is 0. The maximum Gasteiger partial charge on any atom is 0.260 e. The van der Waals surface area contributed by atoms with Gasteiger partial charge in [-0.05, 0) is 55.8 Å². The molecule has 0 fully saturated rings. The molecular formula is C21H17BrN2O2S. The molecule has 0 bridgehead atoms. The van der Waals surface area contributed by atoms with Crippen molar-refractivity contribution in [2.45, 2.75) is 20.4 Å². The molecule has 0 saturated heterocycles. The highest BCUT2D eigenvalue weighted by molar-refractivity contribution is 9.10. The first-order valence-corrected chi connectivity index (χ1v) is 10.1. The zero-order valence-corrected chi connectivity index (χ0v) is 17.3. The number of rotatable bonds is 4. The summed E-state index contributed by atoms with van der Waals surface area (Å²) in [6.45, 7) is 4.27. The second kappa shape index (κ2) is 7.29. The van der Waals surface area contributed by atoms with Gasteiger partial charge in [0, 0.05) is 10.0 Å². The fourth-order valence-electron chi connectivity index (χ4n) is 2.90. The monoisotopic (exact) mass is 440 g/mol. The molecule has 0 unspecified atom stereocenters. The van der Waals surface area contributed by atoms with E-state index in [1.54, 1.807) is 11.2 Å². The molecule has 4 aromatic rings. The summed E-state index contributed by atoms with van der Waals surface area (Å²) < 4.78 is 7.51. The summed E-state index contributed by atoms with van der Waals surface area (Å²) in [5.74, 6) is 0.639. The first-order valence-electron chi connectivity index (χ1n) is 8.49. The third-order valence-electron chi connectivity index (χ3n) is 4.33. The summed E-state index contributed by atoms with van der Waals surface area (Å²) in [4.78, 5) is 19.8. The Bertz CT molecular complexity index is 1120. The highest BCUT2D eigenvalue weighted by Crippen LogP contribution is 2.33. The van der Waals surface area contributed by atoms with Crippen LogP contribution in [0, 0.1) is 13.8 Å². The summed E-state index contributed by atoms with van der Waals surface area (Å²) in [7, 11) is 0. The molecule has 0 spiro atoms. The van der Waals surface area contributed by atoms with Gasteiger partial charge in [0.2, 0.25) is 0 Å². The summed E-state index contributed by atoms with van der Waals surface area (Å²) in [6.07, 6.45) is 1.62. The van der Waals surface area contributed by atoms with Crippen LogP contribution >= 0.6 is 27.3 Å². The van der Waals surface area contributed by atoms with Crippen molar-refractivity contribution >= 4 is 48.5 Å². The van der Waals surface area contributed by atoms with Crippen LogP contribution in [-0.4, -0.2) is 10.9 Å². The number of anilines is 1. The molecule has 2 aromatic heterocycles. The van der Waals surface area contributed by atoms with Crippen LogP contribution in [-0.2, 0) is 6.54 Å². The van der Waals surface area contributed by atoms with Gasteiger partial charge in [0.15, 0.2) is 5.13 Å². The Hall–Kier alpha value is -2.44. The fraction of sp³-hybridized carbons (Fsp3) is 0.143. The molecule has 0 aliphatic heterocycles. The van der Waals surface area contributed by atoms with Gasteiger partial charge in [-0.1, -0.05) is 45.0 Å². The Morgan fingerprint density at radius 3 is 2.81 bits per heavy atom.